The maximum absolute atomic E-state index is 13.1. The first kappa shape index (κ1) is 17.3. The number of hydrogen-bond acceptors (Lipinski definition) is 4. The van der Waals surface area contributed by atoms with E-state index in [4.69, 9.17) is 0 Å². The molecule has 2 aliphatic rings. The third-order valence-electron chi connectivity index (χ3n) is 4.62. The van der Waals surface area contributed by atoms with Crippen LogP contribution >= 0.6 is 0 Å². The monoisotopic (exact) mass is 374 g/mol. The molecular formula is C19H16F2N2O4. The van der Waals surface area contributed by atoms with Crippen molar-refractivity contribution in [2.45, 2.75) is 32.2 Å². The van der Waals surface area contributed by atoms with Crippen LogP contribution in [0.1, 0.15) is 18.1 Å². The Labute approximate surface area is 153 Å². The number of nitrogens with zero attached hydrogens (tertiary/aromatic N) is 1. The average Bonchev–Trinajstić information content (AvgIpc) is 2.93. The van der Waals surface area contributed by atoms with Crippen LogP contribution in [0.4, 0.5) is 14.5 Å². The van der Waals surface area contributed by atoms with Crippen molar-refractivity contribution in [1.82, 2.24) is 4.90 Å². The van der Waals surface area contributed by atoms with Gasteiger partial charge in [-0.2, -0.15) is 0 Å². The molecule has 0 saturated carbocycles. The van der Waals surface area contributed by atoms with Gasteiger partial charge in [0, 0.05) is 31.6 Å². The molecule has 0 aromatic heterocycles. The summed E-state index contributed by atoms with van der Waals surface area (Å²) in [6.45, 7) is 1.76. The summed E-state index contributed by atoms with van der Waals surface area (Å²) in [6.07, 6.45) is -3.34. The number of anilines is 1. The predicted molar refractivity (Wildman–Crippen MR) is 91.4 cm³/mol. The van der Waals surface area contributed by atoms with Gasteiger partial charge in [-0.25, -0.2) is 0 Å². The van der Waals surface area contributed by atoms with Crippen molar-refractivity contribution in [1.29, 1.82) is 0 Å². The highest BCUT2D eigenvalue weighted by atomic mass is 19.3. The lowest BCUT2D eigenvalue weighted by atomic mass is 9.93. The number of carbonyl (C=O) groups excluding carboxylic acids is 2. The van der Waals surface area contributed by atoms with Crippen molar-refractivity contribution >= 4 is 17.5 Å². The van der Waals surface area contributed by atoms with E-state index in [2.05, 4.69) is 14.8 Å². The van der Waals surface area contributed by atoms with Gasteiger partial charge in [0.05, 0.1) is 0 Å². The van der Waals surface area contributed by atoms with E-state index >= 15 is 0 Å². The third kappa shape index (κ3) is 3.30. The van der Waals surface area contributed by atoms with E-state index in [9.17, 15) is 18.4 Å². The number of hydrogen-bond donors (Lipinski definition) is 1. The number of fused-ring (bicyclic) bond motifs is 2. The number of benzene rings is 2. The lowest BCUT2D eigenvalue weighted by Gasteiger charge is -2.35. The Morgan fingerprint density at radius 2 is 1.81 bits per heavy atom. The minimum absolute atomic E-state index is 0.102. The molecule has 27 heavy (non-hydrogen) atoms. The molecule has 6 nitrogen and oxygen atoms in total. The smallest absolute Gasteiger partial charge is 0.395 e. The number of rotatable bonds is 2. The van der Waals surface area contributed by atoms with Gasteiger partial charge in [-0.3, -0.25) is 9.59 Å². The zero-order valence-corrected chi connectivity index (χ0v) is 14.4. The van der Waals surface area contributed by atoms with Gasteiger partial charge in [0.15, 0.2) is 11.5 Å². The fraction of sp³-hybridized carbons (Fsp3) is 0.263. The summed E-state index contributed by atoms with van der Waals surface area (Å²) in [5.41, 5.74) is 2.28. The molecule has 0 fully saturated rings. The molecule has 2 amide bonds. The van der Waals surface area contributed by atoms with Crippen LogP contribution in [-0.4, -0.2) is 29.1 Å². The number of alkyl halides is 2. The minimum atomic E-state index is -3.72. The van der Waals surface area contributed by atoms with Gasteiger partial charge in [0.2, 0.25) is 11.8 Å². The second-order valence-electron chi connectivity index (χ2n) is 6.45. The van der Waals surface area contributed by atoms with Crippen molar-refractivity contribution in [3.05, 3.63) is 53.6 Å². The SMILES string of the molecule is CC(=O)N1Cc2ccccc2C[C@@H]1C(=O)Nc1ccc2c(c1)OC(F)(F)O2. The molecule has 2 aromatic rings. The molecule has 2 aliphatic heterocycles. The number of amides is 2. The topological polar surface area (TPSA) is 67.9 Å². The van der Waals surface area contributed by atoms with Gasteiger partial charge in [-0.05, 0) is 23.3 Å². The lowest BCUT2D eigenvalue weighted by molar-refractivity contribution is -0.286. The Hall–Kier alpha value is -3.16. The van der Waals surface area contributed by atoms with Gasteiger partial charge in [0.25, 0.3) is 0 Å². The molecule has 8 heteroatoms. The van der Waals surface area contributed by atoms with E-state index in [0.717, 1.165) is 11.1 Å². The largest absolute Gasteiger partial charge is 0.586 e. The van der Waals surface area contributed by atoms with Crippen molar-refractivity contribution < 1.29 is 27.8 Å². The van der Waals surface area contributed by atoms with Crippen LogP contribution in [-0.2, 0) is 22.6 Å². The van der Waals surface area contributed by atoms with E-state index in [1.165, 1.54) is 30.0 Å². The highest BCUT2D eigenvalue weighted by molar-refractivity contribution is 5.97. The van der Waals surface area contributed by atoms with Gasteiger partial charge in [-0.15, -0.1) is 8.78 Å². The Bertz CT molecular complexity index is 932. The van der Waals surface area contributed by atoms with Crippen molar-refractivity contribution in [3.63, 3.8) is 0 Å². The molecule has 2 heterocycles. The zero-order valence-electron chi connectivity index (χ0n) is 14.4. The van der Waals surface area contributed by atoms with Crippen molar-refractivity contribution in [2.24, 2.45) is 0 Å². The van der Waals surface area contributed by atoms with Crippen LogP contribution in [0, 0.1) is 0 Å². The van der Waals surface area contributed by atoms with Crippen molar-refractivity contribution in [2.75, 3.05) is 5.32 Å². The normalized spacial score (nSPS) is 19.4. The van der Waals surface area contributed by atoms with E-state index in [0.29, 0.717) is 13.0 Å². The Balaban J connectivity index is 1.55. The molecule has 4 rings (SSSR count). The Morgan fingerprint density at radius 3 is 2.56 bits per heavy atom. The maximum Gasteiger partial charge on any atom is 0.586 e. The Kier molecular flexibility index (Phi) is 3.98. The van der Waals surface area contributed by atoms with E-state index < -0.39 is 18.2 Å². The summed E-state index contributed by atoms with van der Waals surface area (Å²) in [6, 6.07) is 10.9. The van der Waals surface area contributed by atoms with E-state index in [1.54, 1.807) is 0 Å². The molecule has 0 saturated heterocycles. The summed E-state index contributed by atoms with van der Waals surface area (Å²) in [5, 5.41) is 2.67. The molecule has 1 N–H and O–H groups in total. The fourth-order valence-electron chi connectivity index (χ4n) is 3.34. The highest BCUT2D eigenvalue weighted by Gasteiger charge is 2.43. The Morgan fingerprint density at radius 1 is 1.11 bits per heavy atom. The third-order valence-corrected chi connectivity index (χ3v) is 4.62. The number of halogens is 2. The quantitative estimate of drug-likeness (QED) is 0.878. The first-order valence-electron chi connectivity index (χ1n) is 8.37. The van der Waals surface area contributed by atoms with E-state index in [-0.39, 0.29) is 23.1 Å². The van der Waals surface area contributed by atoms with Gasteiger partial charge >= 0.3 is 6.29 Å². The van der Waals surface area contributed by atoms with Crippen LogP contribution < -0.4 is 14.8 Å². The van der Waals surface area contributed by atoms with E-state index in [1.807, 2.05) is 24.3 Å². The maximum atomic E-state index is 13.1. The van der Waals surface area contributed by atoms with Gasteiger partial charge < -0.3 is 19.7 Å². The van der Waals surface area contributed by atoms with Crippen LogP contribution in [0.15, 0.2) is 42.5 Å². The van der Waals surface area contributed by atoms with Crippen LogP contribution in [0.5, 0.6) is 11.5 Å². The summed E-state index contributed by atoms with van der Waals surface area (Å²) in [5.74, 6) is -0.870. The molecule has 0 bridgehead atoms. The lowest BCUT2D eigenvalue weighted by Crippen LogP contribution is -2.49. The number of nitrogens with one attached hydrogen (secondary N) is 1. The first-order chi connectivity index (χ1) is 12.8. The molecule has 0 aliphatic carbocycles. The number of ether oxygens (including phenoxy) is 2. The van der Waals surface area contributed by atoms with Crippen LogP contribution in [0.25, 0.3) is 0 Å². The second kappa shape index (κ2) is 6.22. The van der Waals surface area contributed by atoms with Crippen LogP contribution in [0.2, 0.25) is 0 Å². The molecule has 2 aromatic carbocycles. The predicted octanol–water partition coefficient (Wildman–Crippen LogP) is 2.92. The summed E-state index contributed by atoms with van der Waals surface area (Å²) in [4.78, 5) is 26.3. The molecule has 0 spiro atoms. The molecule has 140 valence electrons. The standard InChI is InChI=1S/C19H16F2N2O4/c1-11(24)23-10-13-5-3-2-4-12(13)8-15(23)18(25)22-14-6-7-16-17(9-14)27-19(20,21)26-16/h2-7,9,15H,8,10H2,1H3,(H,22,25)/t15-/m1/s1. The average molecular weight is 374 g/mol. The van der Waals surface area contributed by atoms with Crippen molar-refractivity contribution in [3.8, 4) is 11.5 Å². The second-order valence-corrected chi connectivity index (χ2v) is 6.45. The fourth-order valence-corrected chi connectivity index (χ4v) is 3.34. The molecule has 0 radical (unpaired) electrons. The summed E-state index contributed by atoms with van der Waals surface area (Å²) < 4.78 is 35.0. The summed E-state index contributed by atoms with van der Waals surface area (Å²) in [7, 11) is 0. The molecule has 0 unspecified atom stereocenters. The van der Waals surface area contributed by atoms with Gasteiger partial charge in [0.1, 0.15) is 6.04 Å². The summed E-state index contributed by atoms with van der Waals surface area (Å²) >= 11 is 0. The highest BCUT2D eigenvalue weighted by Crippen LogP contribution is 2.42. The van der Waals surface area contributed by atoms with Gasteiger partial charge in [-0.1, -0.05) is 24.3 Å². The minimum Gasteiger partial charge on any atom is -0.395 e. The number of carbonyl (C=O) groups is 2. The molecule has 1 atom stereocenters. The zero-order chi connectivity index (χ0) is 19.2. The molecular weight excluding hydrogens is 358 g/mol. The first-order valence-corrected chi connectivity index (χ1v) is 8.37. The van der Waals surface area contributed by atoms with Crippen LogP contribution in [0.3, 0.4) is 0 Å².